The highest BCUT2D eigenvalue weighted by Gasteiger charge is 2.31. The van der Waals surface area contributed by atoms with Crippen molar-refractivity contribution in [2.75, 3.05) is 13.2 Å². The normalized spacial score (nSPS) is 17.9. The van der Waals surface area contributed by atoms with Crippen molar-refractivity contribution in [1.29, 1.82) is 0 Å². The molecule has 0 aromatic heterocycles. The van der Waals surface area contributed by atoms with Crippen LogP contribution in [0.4, 0.5) is 0 Å². The first-order chi connectivity index (χ1) is 17.5. The standard InChI is InChI=1S/C32H60O4/c1-4-5-6-7-8-10-13-16-19-26-35-31(33)29-22-24-30(25-23-29)32(34)36-27-20-17-14-11-9-12-15-18-21-28(2)3/h28-30H,4-27H2,1-3H3. The Morgan fingerprint density at radius 1 is 0.556 bits per heavy atom. The summed E-state index contributed by atoms with van der Waals surface area (Å²) in [4.78, 5) is 24.8. The van der Waals surface area contributed by atoms with Crippen LogP contribution in [-0.2, 0) is 19.1 Å². The second-order valence-corrected chi connectivity index (χ2v) is 11.7. The van der Waals surface area contributed by atoms with E-state index in [2.05, 4.69) is 20.8 Å². The molecule has 0 bridgehead atoms. The lowest BCUT2D eigenvalue weighted by atomic mass is 9.82. The van der Waals surface area contributed by atoms with E-state index in [1.165, 1.54) is 89.9 Å². The van der Waals surface area contributed by atoms with E-state index in [1.807, 2.05) is 0 Å². The summed E-state index contributed by atoms with van der Waals surface area (Å²) in [5.74, 6) is 0.664. The molecule has 36 heavy (non-hydrogen) atoms. The fourth-order valence-corrected chi connectivity index (χ4v) is 5.27. The van der Waals surface area contributed by atoms with Gasteiger partial charge in [0, 0.05) is 0 Å². The molecule has 0 unspecified atom stereocenters. The summed E-state index contributed by atoms with van der Waals surface area (Å²) >= 11 is 0. The molecule has 0 atom stereocenters. The van der Waals surface area contributed by atoms with E-state index in [9.17, 15) is 9.59 Å². The second kappa shape index (κ2) is 23.1. The smallest absolute Gasteiger partial charge is 0.308 e. The summed E-state index contributed by atoms with van der Waals surface area (Å²) in [6, 6.07) is 0. The Hall–Kier alpha value is -1.06. The lowest BCUT2D eigenvalue weighted by Gasteiger charge is -2.26. The molecule has 1 rings (SSSR count). The minimum Gasteiger partial charge on any atom is -0.465 e. The van der Waals surface area contributed by atoms with Crippen molar-refractivity contribution in [2.24, 2.45) is 17.8 Å². The minimum absolute atomic E-state index is 0.0296. The van der Waals surface area contributed by atoms with Crippen LogP contribution in [0.3, 0.4) is 0 Å². The molecular weight excluding hydrogens is 448 g/mol. The summed E-state index contributed by atoms with van der Waals surface area (Å²) in [7, 11) is 0. The molecule has 0 aromatic rings. The molecule has 1 fully saturated rings. The summed E-state index contributed by atoms with van der Waals surface area (Å²) < 4.78 is 11.1. The fraction of sp³-hybridized carbons (Fsp3) is 0.938. The monoisotopic (exact) mass is 508 g/mol. The Morgan fingerprint density at radius 2 is 0.889 bits per heavy atom. The molecule has 0 saturated heterocycles. The number of carbonyl (C=O) groups is 2. The SMILES string of the molecule is CCCCCCCCCCCOC(=O)C1CCC(C(=O)OCCCCCCCCCCC(C)C)CC1. The molecule has 0 aliphatic heterocycles. The van der Waals surface area contributed by atoms with E-state index in [4.69, 9.17) is 9.47 Å². The van der Waals surface area contributed by atoms with E-state index in [0.717, 1.165) is 57.3 Å². The predicted molar refractivity (Wildman–Crippen MR) is 151 cm³/mol. The van der Waals surface area contributed by atoms with Gasteiger partial charge < -0.3 is 9.47 Å². The highest BCUT2D eigenvalue weighted by molar-refractivity contribution is 5.75. The van der Waals surface area contributed by atoms with Gasteiger partial charge in [-0.15, -0.1) is 0 Å². The van der Waals surface area contributed by atoms with Crippen molar-refractivity contribution in [3.63, 3.8) is 0 Å². The first-order valence-electron chi connectivity index (χ1n) is 15.9. The Labute approximate surface area is 224 Å². The van der Waals surface area contributed by atoms with Crippen molar-refractivity contribution in [2.45, 2.75) is 162 Å². The van der Waals surface area contributed by atoms with Crippen LogP contribution in [0.1, 0.15) is 162 Å². The number of unbranched alkanes of at least 4 members (excludes halogenated alkanes) is 15. The average Bonchev–Trinajstić information content (AvgIpc) is 2.88. The summed E-state index contributed by atoms with van der Waals surface area (Å²) in [6.45, 7) is 7.95. The van der Waals surface area contributed by atoms with Crippen LogP contribution in [0.15, 0.2) is 0 Å². The molecular formula is C32H60O4. The van der Waals surface area contributed by atoms with E-state index in [1.54, 1.807) is 0 Å². The van der Waals surface area contributed by atoms with Crippen molar-refractivity contribution in [3.8, 4) is 0 Å². The maximum absolute atomic E-state index is 12.4. The summed E-state index contributed by atoms with van der Waals surface area (Å²) in [6.07, 6.45) is 25.9. The zero-order valence-corrected chi connectivity index (χ0v) is 24.3. The molecule has 1 aliphatic rings. The minimum atomic E-state index is -0.0543. The Morgan fingerprint density at radius 3 is 1.25 bits per heavy atom. The van der Waals surface area contributed by atoms with Gasteiger partial charge in [-0.2, -0.15) is 0 Å². The topological polar surface area (TPSA) is 52.6 Å². The number of ether oxygens (including phenoxy) is 2. The van der Waals surface area contributed by atoms with Crippen molar-refractivity contribution in [3.05, 3.63) is 0 Å². The number of rotatable bonds is 23. The van der Waals surface area contributed by atoms with Crippen molar-refractivity contribution in [1.82, 2.24) is 0 Å². The fourth-order valence-electron chi connectivity index (χ4n) is 5.27. The molecule has 0 aromatic carbocycles. The van der Waals surface area contributed by atoms with Crippen molar-refractivity contribution >= 4 is 11.9 Å². The first-order valence-corrected chi connectivity index (χ1v) is 15.9. The largest absolute Gasteiger partial charge is 0.465 e. The van der Waals surface area contributed by atoms with Crippen LogP contribution in [0.25, 0.3) is 0 Å². The summed E-state index contributed by atoms with van der Waals surface area (Å²) in [5, 5.41) is 0. The zero-order valence-electron chi connectivity index (χ0n) is 24.3. The van der Waals surface area contributed by atoms with Gasteiger partial charge in [-0.3, -0.25) is 9.59 Å². The van der Waals surface area contributed by atoms with Crippen LogP contribution in [0.5, 0.6) is 0 Å². The Bertz CT molecular complexity index is 522. The van der Waals surface area contributed by atoms with E-state index in [-0.39, 0.29) is 23.8 Å². The lowest BCUT2D eigenvalue weighted by molar-refractivity contribution is -0.155. The van der Waals surface area contributed by atoms with E-state index >= 15 is 0 Å². The van der Waals surface area contributed by atoms with Gasteiger partial charge in [0.1, 0.15) is 0 Å². The molecule has 0 radical (unpaired) electrons. The van der Waals surface area contributed by atoms with Gasteiger partial charge in [0.25, 0.3) is 0 Å². The summed E-state index contributed by atoms with van der Waals surface area (Å²) in [5.41, 5.74) is 0. The van der Waals surface area contributed by atoms with Crippen LogP contribution in [-0.4, -0.2) is 25.2 Å². The van der Waals surface area contributed by atoms with Gasteiger partial charge in [0.05, 0.1) is 25.0 Å². The second-order valence-electron chi connectivity index (χ2n) is 11.7. The number of carbonyl (C=O) groups excluding carboxylic acids is 2. The van der Waals surface area contributed by atoms with Gasteiger partial charge >= 0.3 is 11.9 Å². The maximum Gasteiger partial charge on any atom is 0.308 e. The first kappa shape index (κ1) is 33.0. The van der Waals surface area contributed by atoms with Gasteiger partial charge in [0.2, 0.25) is 0 Å². The van der Waals surface area contributed by atoms with Crippen LogP contribution in [0.2, 0.25) is 0 Å². The van der Waals surface area contributed by atoms with Gasteiger partial charge in [-0.25, -0.2) is 0 Å². The lowest BCUT2D eigenvalue weighted by Crippen LogP contribution is -2.28. The Kier molecular flexibility index (Phi) is 21.1. The number of esters is 2. The molecule has 1 saturated carbocycles. The molecule has 0 amide bonds. The molecule has 212 valence electrons. The maximum atomic E-state index is 12.4. The highest BCUT2D eigenvalue weighted by Crippen LogP contribution is 2.30. The zero-order chi connectivity index (χ0) is 26.3. The van der Waals surface area contributed by atoms with E-state index < -0.39 is 0 Å². The molecule has 4 heteroatoms. The van der Waals surface area contributed by atoms with Crippen LogP contribution in [0, 0.1) is 17.8 Å². The van der Waals surface area contributed by atoms with E-state index in [0.29, 0.717) is 13.2 Å². The molecule has 0 spiro atoms. The van der Waals surface area contributed by atoms with Crippen LogP contribution < -0.4 is 0 Å². The van der Waals surface area contributed by atoms with Gasteiger partial charge in [-0.1, -0.05) is 124 Å². The van der Waals surface area contributed by atoms with Gasteiger partial charge in [0.15, 0.2) is 0 Å². The van der Waals surface area contributed by atoms with Gasteiger partial charge in [-0.05, 0) is 44.4 Å². The van der Waals surface area contributed by atoms with Crippen molar-refractivity contribution < 1.29 is 19.1 Å². The predicted octanol–water partition coefficient (Wildman–Crippen LogP) is 9.58. The number of hydrogen-bond acceptors (Lipinski definition) is 4. The third-order valence-electron chi connectivity index (χ3n) is 7.81. The molecule has 0 N–H and O–H groups in total. The average molecular weight is 509 g/mol. The molecule has 4 nitrogen and oxygen atoms in total. The molecule has 1 aliphatic carbocycles. The van der Waals surface area contributed by atoms with Crippen LogP contribution >= 0.6 is 0 Å². The Balaban J connectivity index is 1.93. The third-order valence-corrected chi connectivity index (χ3v) is 7.81. The number of hydrogen-bond donors (Lipinski definition) is 0. The highest BCUT2D eigenvalue weighted by atomic mass is 16.5. The quantitative estimate of drug-likeness (QED) is 0.102. The third kappa shape index (κ3) is 18.2. The molecule has 0 heterocycles.